The molecule has 0 radical (unpaired) electrons. The second-order valence-corrected chi connectivity index (χ2v) is 9.65. The molecule has 1 amide bonds. The minimum absolute atomic E-state index is 0.0202. The van der Waals surface area contributed by atoms with Crippen molar-refractivity contribution in [2.75, 3.05) is 31.6 Å². The molecule has 0 saturated heterocycles. The third-order valence-electron chi connectivity index (χ3n) is 7.46. The van der Waals surface area contributed by atoms with Crippen molar-refractivity contribution in [3.8, 4) is 6.07 Å². The van der Waals surface area contributed by atoms with Crippen LogP contribution >= 0.6 is 0 Å². The van der Waals surface area contributed by atoms with E-state index in [2.05, 4.69) is 14.8 Å². The SMILES string of the molecule is [C-]#[N+]/C(C#N)=C1\CC(OCCN(CC)c2ccc(C3=C(O)/C(=C4\C(=O)N(C)N=C4C)C3=O)cc2)c2ccccc21. The number of nitrogens with zero attached hydrogens (tertiary/aromatic N) is 5. The molecule has 1 unspecified atom stereocenters. The molecule has 40 heavy (non-hydrogen) atoms. The monoisotopic (exact) mass is 533 g/mol. The molecule has 5 rings (SSSR count). The van der Waals surface area contributed by atoms with Crippen LogP contribution in [-0.4, -0.2) is 54.3 Å². The lowest BCUT2D eigenvalue weighted by molar-refractivity contribution is -0.125. The Hall–Kier alpha value is -4.99. The van der Waals surface area contributed by atoms with Gasteiger partial charge in [-0.3, -0.25) is 9.59 Å². The molecule has 2 aromatic rings. The lowest BCUT2D eigenvalue weighted by atomic mass is 9.80. The van der Waals surface area contributed by atoms with E-state index in [-0.39, 0.29) is 40.1 Å². The fourth-order valence-electron chi connectivity index (χ4n) is 5.43. The second-order valence-electron chi connectivity index (χ2n) is 9.65. The van der Waals surface area contributed by atoms with Crippen molar-refractivity contribution >= 4 is 34.2 Å². The number of likely N-dealkylation sites (N-methyl/N-ethyl adjacent to an activating group) is 2. The highest BCUT2D eigenvalue weighted by Gasteiger charge is 2.42. The van der Waals surface area contributed by atoms with Crippen molar-refractivity contribution in [3.05, 3.63) is 99.2 Å². The average Bonchev–Trinajstić information content (AvgIpc) is 3.44. The number of anilines is 1. The van der Waals surface area contributed by atoms with E-state index in [0.717, 1.165) is 33.9 Å². The van der Waals surface area contributed by atoms with Gasteiger partial charge in [0.15, 0.2) is 0 Å². The maximum absolute atomic E-state index is 12.9. The van der Waals surface area contributed by atoms with E-state index in [4.69, 9.17) is 11.3 Å². The van der Waals surface area contributed by atoms with Gasteiger partial charge in [0.2, 0.25) is 5.78 Å². The number of nitriles is 1. The summed E-state index contributed by atoms with van der Waals surface area (Å²) in [5, 5.41) is 25.3. The fourth-order valence-corrected chi connectivity index (χ4v) is 5.43. The fraction of sp³-hybridized carbons (Fsp3) is 0.258. The van der Waals surface area contributed by atoms with Crippen molar-refractivity contribution in [1.29, 1.82) is 5.26 Å². The number of Topliss-reactive ketones (excluding diaryl/α,β-unsaturated/α-hetero) is 1. The molecular formula is C31H27N5O4. The van der Waals surface area contributed by atoms with Crippen molar-refractivity contribution in [2.45, 2.75) is 26.4 Å². The highest BCUT2D eigenvalue weighted by Crippen LogP contribution is 2.43. The zero-order valence-corrected chi connectivity index (χ0v) is 22.4. The summed E-state index contributed by atoms with van der Waals surface area (Å²) in [5.41, 5.74) is 4.99. The number of hydrogen-bond acceptors (Lipinski definition) is 7. The molecule has 0 bridgehead atoms. The van der Waals surface area contributed by atoms with Crippen LogP contribution in [0.3, 0.4) is 0 Å². The van der Waals surface area contributed by atoms with E-state index in [1.807, 2.05) is 49.4 Å². The summed E-state index contributed by atoms with van der Waals surface area (Å²) in [6.07, 6.45) is 0.268. The first-order valence-electron chi connectivity index (χ1n) is 12.9. The van der Waals surface area contributed by atoms with Crippen LogP contribution in [-0.2, 0) is 14.3 Å². The van der Waals surface area contributed by atoms with Gasteiger partial charge in [0.1, 0.15) is 5.76 Å². The zero-order chi connectivity index (χ0) is 28.6. The highest BCUT2D eigenvalue weighted by atomic mass is 16.5. The molecule has 0 fully saturated rings. The number of amides is 1. The van der Waals surface area contributed by atoms with Crippen molar-refractivity contribution in [2.24, 2.45) is 5.10 Å². The topological polar surface area (TPSA) is 111 Å². The number of benzene rings is 2. The Morgan fingerprint density at radius 2 is 1.93 bits per heavy atom. The molecule has 1 heterocycles. The molecule has 0 spiro atoms. The summed E-state index contributed by atoms with van der Waals surface area (Å²) in [6, 6.07) is 17.1. The van der Waals surface area contributed by atoms with Crippen molar-refractivity contribution in [1.82, 2.24) is 5.01 Å². The summed E-state index contributed by atoms with van der Waals surface area (Å²) < 4.78 is 6.24. The number of allylic oxidation sites excluding steroid dienone is 3. The van der Waals surface area contributed by atoms with E-state index in [1.54, 1.807) is 19.1 Å². The normalized spacial score (nSPS) is 21.1. The van der Waals surface area contributed by atoms with Gasteiger partial charge in [0.25, 0.3) is 11.6 Å². The predicted octanol–water partition coefficient (Wildman–Crippen LogP) is 4.82. The van der Waals surface area contributed by atoms with E-state index in [9.17, 15) is 20.0 Å². The van der Waals surface area contributed by atoms with Crippen LogP contribution < -0.4 is 4.90 Å². The number of aliphatic hydroxyl groups is 1. The number of carbonyl (C=O) groups is 2. The molecule has 200 valence electrons. The van der Waals surface area contributed by atoms with Crippen LogP contribution in [0.15, 0.2) is 76.2 Å². The number of ketones is 1. The van der Waals surface area contributed by atoms with E-state index >= 15 is 0 Å². The molecule has 0 saturated carbocycles. The van der Waals surface area contributed by atoms with Gasteiger partial charge in [-0.1, -0.05) is 36.4 Å². The van der Waals surface area contributed by atoms with Crippen LogP contribution in [0.5, 0.6) is 0 Å². The first-order chi connectivity index (χ1) is 19.3. The van der Waals surface area contributed by atoms with Crippen LogP contribution in [0.2, 0.25) is 0 Å². The number of hydrazone groups is 1. The Bertz CT molecular complexity index is 1620. The average molecular weight is 534 g/mol. The first kappa shape index (κ1) is 26.6. The molecule has 1 N–H and O–H groups in total. The van der Waals surface area contributed by atoms with Gasteiger partial charge in [0, 0.05) is 25.8 Å². The number of rotatable bonds is 7. The van der Waals surface area contributed by atoms with Crippen molar-refractivity contribution in [3.63, 3.8) is 0 Å². The van der Waals surface area contributed by atoms with Gasteiger partial charge in [-0.15, -0.1) is 0 Å². The van der Waals surface area contributed by atoms with Gasteiger partial charge in [-0.05, 0) is 54.7 Å². The molecule has 3 aliphatic rings. The second kappa shape index (κ2) is 10.6. The molecule has 2 aliphatic carbocycles. The summed E-state index contributed by atoms with van der Waals surface area (Å²) >= 11 is 0. The highest BCUT2D eigenvalue weighted by molar-refractivity contribution is 6.43. The summed E-state index contributed by atoms with van der Waals surface area (Å²) in [5.74, 6) is -0.968. The Morgan fingerprint density at radius 1 is 1.20 bits per heavy atom. The van der Waals surface area contributed by atoms with Crippen LogP contribution in [0.1, 0.15) is 43.1 Å². The Balaban J connectivity index is 1.27. The van der Waals surface area contributed by atoms with Crippen LogP contribution in [0.25, 0.3) is 16.0 Å². The summed E-state index contributed by atoms with van der Waals surface area (Å²) in [6.45, 7) is 12.8. The first-order valence-corrected chi connectivity index (χ1v) is 12.9. The number of carbonyl (C=O) groups excluding carboxylic acids is 2. The van der Waals surface area contributed by atoms with Gasteiger partial charge < -0.3 is 14.7 Å². The lowest BCUT2D eigenvalue weighted by Gasteiger charge is -2.26. The molecule has 1 aliphatic heterocycles. The lowest BCUT2D eigenvalue weighted by Crippen LogP contribution is -2.28. The molecular weight excluding hydrogens is 506 g/mol. The number of ether oxygens (including phenoxy) is 1. The molecule has 2 aromatic carbocycles. The molecule has 0 aromatic heterocycles. The Labute approximate surface area is 232 Å². The summed E-state index contributed by atoms with van der Waals surface area (Å²) in [7, 11) is 1.51. The predicted molar refractivity (Wildman–Crippen MR) is 151 cm³/mol. The Morgan fingerprint density at radius 3 is 2.52 bits per heavy atom. The molecule has 9 heteroatoms. The smallest absolute Gasteiger partial charge is 0.276 e. The minimum Gasteiger partial charge on any atom is -0.506 e. The standard InChI is InChI=1S/C31H27N5O4/c1-5-36(14-15-40-25-16-23(24(17-32)33-3)21-8-6-7-9-22(21)25)20-12-10-19(11-13-20)27-29(37)28(30(27)38)26-18(2)34-35(4)31(26)39/h6-13,25,37H,5,14-16H2,1-2,4H3/b24-23+,28-26+. The van der Waals surface area contributed by atoms with Crippen LogP contribution in [0.4, 0.5) is 5.69 Å². The van der Waals surface area contributed by atoms with E-state index in [1.165, 1.54) is 7.05 Å². The number of aliphatic hydroxyl groups excluding tert-OH is 1. The maximum Gasteiger partial charge on any atom is 0.276 e. The largest absolute Gasteiger partial charge is 0.506 e. The molecule has 9 nitrogen and oxygen atoms in total. The van der Waals surface area contributed by atoms with Gasteiger partial charge >= 0.3 is 0 Å². The van der Waals surface area contributed by atoms with E-state index in [0.29, 0.717) is 30.8 Å². The number of hydrogen-bond donors (Lipinski definition) is 1. The van der Waals surface area contributed by atoms with E-state index < -0.39 is 5.91 Å². The maximum atomic E-state index is 12.9. The van der Waals surface area contributed by atoms with Crippen molar-refractivity contribution < 1.29 is 19.4 Å². The number of fused-ring (bicyclic) bond motifs is 1. The Kier molecular flexibility index (Phi) is 7.08. The summed E-state index contributed by atoms with van der Waals surface area (Å²) in [4.78, 5) is 30.8. The van der Waals surface area contributed by atoms with Gasteiger partial charge in [0.05, 0.1) is 47.8 Å². The third kappa shape index (κ3) is 4.37. The quantitative estimate of drug-likeness (QED) is 0.310. The van der Waals surface area contributed by atoms with Gasteiger partial charge in [-0.2, -0.15) is 5.10 Å². The van der Waals surface area contributed by atoms with Gasteiger partial charge in [-0.25, -0.2) is 15.1 Å². The van der Waals surface area contributed by atoms with Crippen LogP contribution in [0, 0.1) is 17.9 Å². The zero-order valence-electron chi connectivity index (χ0n) is 22.4. The third-order valence-corrected chi connectivity index (χ3v) is 7.46. The molecule has 1 atom stereocenters. The minimum atomic E-state index is -0.409.